The first-order valence-corrected chi connectivity index (χ1v) is 11.3. The Morgan fingerprint density at radius 3 is 2.78 bits per heavy atom. The standard InChI is InChI=1S/C19H19Cl2NO3S2/c1-25-19(24)17-13-4-2-3-5-15(13)27-18(17)22-16(23)10-26-9-11-6-7-12(20)8-14(11)21/h6-8H,2-5,9-10H2,1H3,(H,22,23). The van der Waals surface area contributed by atoms with E-state index >= 15 is 0 Å². The third-order valence-electron chi connectivity index (χ3n) is 4.32. The van der Waals surface area contributed by atoms with Crippen LogP contribution in [-0.2, 0) is 28.1 Å². The van der Waals surface area contributed by atoms with Gasteiger partial charge in [0.2, 0.25) is 5.91 Å². The molecule has 0 atom stereocenters. The lowest BCUT2D eigenvalue weighted by Gasteiger charge is -2.11. The van der Waals surface area contributed by atoms with Crippen molar-refractivity contribution < 1.29 is 14.3 Å². The number of thioether (sulfide) groups is 1. The molecule has 0 spiro atoms. The monoisotopic (exact) mass is 443 g/mol. The van der Waals surface area contributed by atoms with Gasteiger partial charge in [0.05, 0.1) is 18.4 Å². The van der Waals surface area contributed by atoms with Gasteiger partial charge >= 0.3 is 5.97 Å². The summed E-state index contributed by atoms with van der Waals surface area (Å²) in [6.07, 6.45) is 3.97. The summed E-state index contributed by atoms with van der Waals surface area (Å²) in [7, 11) is 1.37. The topological polar surface area (TPSA) is 55.4 Å². The lowest BCUT2D eigenvalue weighted by Crippen LogP contribution is -2.16. The molecule has 1 aromatic carbocycles. The van der Waals surface area contributed by atoms with E-state index in [-0.39, 0.29) is 17.6 Å². The molecule has 1 aromatic heterocycles. The fourth-order valence-corrected chi connectivity index (χ4v) is 5.71. The van der Waals surface area contributed by atoms with Crippen LogP contribution in [-0.4, -0.2) is 24.7 Å². The number of carbonyl (C=O) groups excluding carboxylic acids is 2. The molecule has 2 aromatic rings. The number of rotatable bonds is 6. The third-order valence-corrected chi connectivity index (χ3v) is 7.10. The van der Waals surface area contributed by atoms with Gasteiger partial charge in [-0.2, -0.15) is 0 Å². The molecule has 0 aliphatic heterocycles. The van der Waals surface area contributed by atoms with Crippen LogP contribution in [0.5, 0.6) is 0 Å². The molecular weight excluding hydrogens is 425 g/mol. The van der Waals surface area contributed by atoms with E-state index in [0.717, 1.165) is 36.8 Å². The summed E-state index contributed by atoms with van der Waals surface area (Å²) in [5.74, 6) is 0.343. The fourth-order valence-electron chi connectivity index (χ4n) is 3.03. The van der Waals surface area contributed by atoms with E-state index in [4.69, 9.17) is 27.9 Å². The lowest BCUT2D eigenvalue weighted by atomic mass is 9.95. The molecule has 1 aliphatic carbocycles. The van der Waals surface area contributed by atoms with Gasteiger partial charge in [-0.3, -0.25) is 4.79 Å². The van der Waals surface area contributed by atoms with Gasteiger partial charge in [-0.1, -0.05) is 29.3 Å². The molecule has 4 nitrogen and oxygen atoms in total. The number of hydrogen-bond donors (Lipinski definition) is 1. The Hall–Kier alpha value is -1.21. The Morgan fingerprint density at radius 2 is 2.04 bits per heavy atom. The van der Waals surface area contributed by atoms with Crippen molar-refractivity contribution in [3.8, 4) is 0 Å². The molecule has 1 aliphatic rings. The van der Waals surface area contributed by atoms with Crippen LogP contribution in [0.3, 0.4) is 0 Å². The van der Waals surface area contributed by atoms with Gasteiger partial charge in [0, 0.05) is 20.7 Å². The van der Waals surface area contributed by atoms with Gasteiger partial charge in [-0.05, 0) is 48.9 Å². The zero-order chi connectivity index (χ0) is 19.4. The Kier molecular flexibility index (Phi) is 7.09. The summed E-state index contributed by atoms with van der Waals surface area (Å²) < 4.78 is 4.93. The highest BCUT2D eigenvalue weighted by molar-refractivity contribution is 7.99. The van der Waals surface area contributed by atoms with Gasteiger partial charge < -0.3 is 10.1 Å². The van der Waals surface area contributed by atoms with Crippen molar-refractivity contribution in [2.45, 2.75) is 31.4 Å². The minimum atomic E-state index is -0.384. The predicted octanol–water partition coefficient (Wildman–Crippen LogP) is 5.59. The van der Waals surface area contributed by atoms with Gasteiger partial charge in [-0.25, -0.2) is 4.79 Å². The summed E-state index contributed by atoms with van der Waals surface area (Å²) in [5.41, 5.74) is 2.49. The number of anilines is 1. The van der Waals surface area contributed by atoms with Crippen LogP contribution >= 0.6 is 46.3 Å². The number of benzene rings is 1. The first-order chi connectivity index (χ1) is 13.0. The number of thiophene rings is 1. The van der Waals surface area contributed by atoms with Crippen molar-refractivity contribution >= 4 is 63.2 Å². The average Bonchev–Trinajstić information content (AvgIpc) is 3.00. The minimum Gasteiger partial charge on any atom is -0.465 e. The van der Waals surface area contributed by atoms with Crippen LogP contribution < -0.4 is 5.32 Å². The van der Waals surface area contributed by atoms with Crippen LogP contribution in [0.25, 0.3) is 0 Å². The molecule has 3 rings (SSSR count). The number of hydrogen-bond acceptors (Lipinski definition) is 5. The quantitative estimate of drug-likeness (QED) is 0.590. The Labute approximate surface area is 176 Å². The Balaban J connectivity index is 1.64. The van der Waals surface area contributed by atoms with E-state index in [1.165, 1.54) is 35.1 Å². The van der Waals surface area contributed by atoms with Crippen molar-refractivity contribution in [3.63, 3.8) is 0 Å². The summed E-state index contributed by atoms with van der Waals surface area (Å²) in [5, 5.41) is 4.68. The number of nitrogens with one attached hydrogen (secondary N) is 1. The zero-order valence-corrected chi connectivity index (χ0v) is 17.9. The second-order valence-electron chi connectivity index (χ2n) is 6.18. The molecule has 144 valence electrons. The average molecular weight is 444 g/mol. The molecule has 0 saturated carbocycles. The Bertz CT molecular complexity index is 867. The SMILES string of the molecule is COC(=O)c1c(NC(=O)CSCc2ccc(Cl)cc2Cl)sc2c1CCCC2. The van der Waals surface area contributed by atoms with Gasteiger partial charge in [0.1, 0.15) is 5.00 Å². The van der Waals surface area contributed by atoms with Gasteiger partial charge in [0.15, 0.2) is 0 Å². The number of carbonyl (C=O) groups is 2. The highest BCUT2D eigenvalue weighted by Crippen LogP contribution is 2.38. The highest BCUT2D eigenvalue weighted by Gasteiger charge is 2.26. The maximum absolute atomic E-state index is 12.4. The molecule has 0 saturated heterocycles. The van der Waals surface area contributed by atoms with Crippen LogP contribution in [0.1, 0.15) is 39.2 Å². The largest absolute Gasteiger partial charge is 0.465 e. The summed E-state index contributed by atoms with van der Waals surface area (Å²) >= 11 is 15.0. The minimum absolute atomic E-state index is 0.145. The maximum atomic E-state index is 12.4. The van der Waals surface area contributed by atoms with Crippen molar-refractivity contribution in [1.82, 2.24) is 0 Å². The molecule has 1 N–H and O–H groups in total. The van der Waals surface area contributed by atoms with Crippen molar-refractivity contribution in [3.05, 3.63) is 49.8 Å². The number of methoxy groups -OCH3 is 1. The molecule has 0 fully saturated rings. The molecule has 0 unspecified atom stereocenters. The first kappa shape index (κ1) is 20.5. The number of ether oxygens (including phenoxy) is 1. The number of amides is 1. The summed E-state index contributed by atoms with van der Waals surface area (Å²) in [4.78, 5) is 25.8. The van der Waals surface area contributed by atoms with Crippen molar-refractivity contribution in [2.24, 2.45) is 0 Å². The summed E-state index contributed by atoms with van der Waals surface area (Å²) in [6, 6.07) is 5.33. The molecule has 0 bridgehead atoms. The van der Waals surface area contributed by atoms with Gasteiger partial charge in [-0.15, -0.1) is 23.1 Å². The van der Waals surface area contributed by atoms with E-state index in [0.29, 0.717) is 26.4 Å². The van der Waals surface area contributed by atoms with Crippen LogP contribution in [0.2, 0.25) is 10.0 Å². The molecule has 0 radical (unpaired) electrons. The predicted molar refractivity (Wildman–Crippen MR) is 114 cm³/mol. The number of halogens is 2. The number of esters is 1. The smallest absolute Gasteiger partial charge is 0.341 e. The van der Waals surface area contributed by atoms with Crippen LogP contribution in [0, 0.1) is 0 Å². The summed E-state index contributed by atoms with van der Waals surface area (Å²) in [6.45, 7) is 0. The molecule has 1 heterocycles. The second-order valence-corrected chi connectivity index (χ2v) is 9.12. The molecular formula is C19H19Cl2NO3S2. The lowest BCUT2D eigenvalue weighted by molar-refractivity contribution is -0.113. The zero-order valence-electron chi connectivity index (χ0n) is 14.8. The van der Waals surface area contributed by atoms with E-state index in [9.17, 15) is 9.59 Å². The Morgan fingerprint density at radius 1 is 1.26 bits per heavy atom. The van der Waals surface area contributed by atoms with E-state index < -0.39 is 0 Å². The maximum Gasteiger partial charge on any atom is 0.341 e. The van der Waals surface area contributed by atoms with E-state index in [1.807, 2.05) is 6.07 Å². The normalized spacial score (nSPS) is 13.1. The van der Waals surface area contributed by atoms with E-state index in [2.05, 4.69) is 5.32 Å². The van der Waals surface area contributed by atoms with Crippen molar-refractivity contribution in [2.75, 3.05) is 18.2 Å². The van der Waals surface area contributed by atoms with Crippen LogP contribution in [0.15, 0.2) is 18.2 Å². The second kappa shape index (κ2) is 9.32. The molecule has 1 amide bonds. The molecule has 27 heavy (non-hydrogen) atoms. The van der Waals surface area contributed by atoms with Crippen molar-refractivity contribution in [1.29, 1.82) is 0 Å². The first-order valence-electron chi connectivity index (χ1n) is 8.54. The number of aryl methyl sites for hydroxylation is 1. The van der Waals surface area contributed by atoms with Gasteiger partial charge in [0.25, 0.3) is 0 Å². The fraction of sp³-hybridized carbons (Fsp3) is 0.368. The van der Waals surface area contributed by atoms with E-state index in [1.54, 1.807) is 12.1 Å². The van der Waals surface area contributed by atoms with Crippen LogP contribution in [0.4, 0.5) is 5.00 Å². The highest BCUT2D eigenvalue weighted by atomic mass is 35.5. The third kappa shape index (κ3) is 4.99. The number of fused-ring (bicyclic) bond motifs is 1. The molecule has 8 heteroatoms.